The van der Waals surface area contributed by atoms with E-state index in [9.17, 15) is 9.90 Å². The highest BCUT2D eigenvalue weighted by molar-refractivity contribution is 5.95. The highest BCUT2D eigenvalue weighted by Gasteiger charge is 2.27. The van der Waals surface area contributed by atoms with Crippen LogP contribution in [0.3, 0.4) is 0 Å². The van der Waals surface area contributed by atoms with Crippen LogP contribution in [0.4, 0.5) is 5.69 Å². The Kier molecular flexibility index (Phi) is 4.78. The molecule has 0 unspecified atom stereocenters. The molecule has 0 aliphatic heterocycles. The molecule has 0 aromatic heterocycles. The summed E-state index contributed by atoms with van der Waals surface area (Å²) in [5.41, 5.74) is 6.13. The molecule has 1 aromatic rings. The van der Waals surface area contributed by atoms with Gasteiger partial charge in [-0.05, 0) is 39.0 Å². The minimum atomic E-state index is -0.621. The summed E-state index contributed by atoms with van der Waals surface area (Å²) in [6.07, 6.45) is 0. The molecule has 0 saturated heterocycles. The van der Waals surface area contributed by atoms with Crippen LogP contribution in [0.15, 0.2) is 18.2 Å². The van der Waals surface area contributed by atoms with Crippen LogP contribution in [0, 0.1) is 0 Å². The van der Waals surface area contributed by atoms with E-state index in [1.807, 2.05) is 6.92 Å². The number of nitrogen functional groups attached to an aromatic ring is 1. The zero-order valence-corrected chi connectivity index (χ0v) is 11.9. The van der Waals surface area contributed by atoms with Crippen molar-refractivity contribution in [1.29, 1.82) is 0 Å². The molecule has 5 heteroatoms. The number of nitrogens with zero attached hydrogens (tertiary/aromatic N) is 1. The second-order valence-corrected chi connectivity index (χ2v) is 5.02. The van der Waals surface area contributed by atoms with Crippen LogP contribution in [-0.2, 0) is 0 Å². The van der Waals surface area contributed by atoms with Crippen molar-refractivity contribution in [2.45, 2.75) is 26.3 Å². The zero-order valence-electron chi connectivity index (χ0n) is 11.9. The van der Waals surface area contributed by atoms with E-state index in [0.717, 1.165) is 0 Å². The van der Waals surface area contributed by atoms with Gasteiger partial charge in [0, 0.05) is 12.6 Å². The highest BCUT2D eigenvalue weighted by atomic mass is 16.5. The number of benzene rings is 1. The molecule has 0 heterocycles. The van der Waals surface area contributed by atoms with Crippen molar-refractivity contribution in [3.8, 4) is 5.75 Å². The molecule has 1 aromatic carbocycles. The van der Waals surface area contributed by atoms with E-state index in [4.69, 9.17) is 10.5 Å². The lowest BCUT2D eigenvalue weighted by molar-refractivity contribution is 0.0473. The normalized spacial score (nSPS) is 11.2. The number of likely N-dealkylation sites (N-methyl/N-ethyl adjacent to an activating group) is 1. The average Bonchev–Trinajstić information content (AvgIpc) is 2.39. The number of rotatable bonds is 5. The van der Waals surface area contributed by atoms with Crippen molar-refractivity contribution in [2.24, 2.45) is 0 Å². The molecule has 0 saturated carbocycles. The van der Waals surface area contributed by atoms with Gasteiger partial charge in [-0.1, -0.05) is 0 Å². The number of aliphatic hydroxyl groups is 1. The first-order chi connectivity index (χ1) is 8.83. The Bertz CT molecular complexity index is 458. The van der Waals surface area contributed by atoms with E-state index in [0.29, 0.717) is 23.6 Å². The van der Waals surface area contributed by atoms with Crippen molar-refractivity contribution < 1.29 is 14.6 Å². The molecule has 5 nitrogen and oxygen atoms in total. The fraction of sp³-hybridized carbons (Fsp3) is 0.500. The zero-order chi connectivity index (χ0) is 14.6. The Balaban J connectivity index is 2.98. The topological polar surface area (TPSA) is 75.8 Å². The Morgan fingerprint density at radius 3 is 2.58 bits per heavy atom. The number of hydrogen-bond donors (Lipinski definition) is 2. The van der Waals surface area contributed by atoms with Crippen molar-refractivity contribution in [3.05, 3.63) is 23.8 Å². The minimum absolute atomic E-state index is 0.109. The van der Waals surface area contributed by atoms with E-state index in [2.05, 4.69) is 0 Å². The number of nitrogens with two attached hydrogens (primary N) is 1. The summed E-state index contributed by atoms with van der Waals surface area (Å²) < 4.78 is 5.33. The van der Waals surface area contributed by atoms with E-state index >= 15 is 0 Å². The van der Waals surface area contributed by atoms with Crippen LogP contribution in [-0.4, -0.2) is 41.7 Å². The third-order valence-corrected chi connectivity index (χ3v) is 3.16. The largest absolute Gasteiger partial charge is 0.492 e. The summed E-state index contributed by atoms with van der Waals surface area (Å²) in [4.78, 5) is 13.8. The molecule has 1 rings (SSSR count). The molecule has 1 amide bonds. The summed E-state index contributed by atoms with van der Waals surface area (Å²) in [5, 5.41) is 9.29. The molecule has 106 valence electrons. The summed E-state index contributed by atoms with van der Waals surface area (Å²) in [7, 11) is 1.66. The molecule has 0 fully saturated rings. The smallest absolute Gasteiger partial charge is 0.254 e. The van der Waals surface area contributed by atoms with Crippen LogP contribution < -0.4 is 10.5 Å². The third-order valence-electron chi connectivity index (χ3n) is 3.16. The molecule has 19 heavy (non-hydrogen) atoms. The van der Waals surface area contributed by atoms with Crippen molar-refractivity contribution in [3.63, 3.8) is 0 Å². The lowest BCUT2D eigenvalue weighted by atomic mass is 10.0. The summed E-state index contributed by atoms with van der Waals surface area (Å²) in [6, 6.07) is 4.96. The summed E-state index contributed by atoms with van der Waals surface area (Å²) in [5.74, 6) is 0.386. The van der Waals surface area contributed by atoms with Crippen LogP contribution in [0.25, 0.3) is 0 Å². The van der Waals surface area contributed by atoms with Gasteiger partial charge in [-0.15, -0.1) is 0 Å². The van der Waals surface area contributed by atoms with Gasteiger partial charge in [-0.25, -0.2) is 0 Å². The first-order valence-electron chi connectivity index (χ1n) is 6.24. The molecule has 0 radical (unpaired) electrons. The fourth-order valence-corrected chi connectivity index (χ4v) is 1.54. The Hall–Kier alpha value is -1.75. The summed E-state index contributed by atoms with van der Waals surface area (Å²) >= 11 is 0. The Morgan fingerprint density at radius 2 is 2.11 bits per heavy atom. The Labute approximate surface area is 114 Å². The number of carbonyl (C=O) groups is 1. The molecule has 0 spiro atoms. The number of carbonyl (C=O) groups excluding carboxylic acids is 1. The number of anilines is 1. The number of amides is 1. The second kappa shape index (κ2) is 5.93. The predicted molar refractivity (Wildman–Crippen MR) is 75.3 cm³/mol. The van der Waals surface area contributed by atoms with Crippen molar-refractivity contribution >= 4 is 11.6 Å². The van der Waals surface area contributed by atoms with Gasteiger partial charge in [0.2, 0.25) is 0 Å². The second-order valence-electron chi connectivity index (χ2n) is 5.02. The maximum atomic E-state index is 12.3. The number of hydrogen-bond acceptors (Lipinski definition) is 4. The molecule has 3 N–H and O–H groups in total. The minimum Gasteiger partial charge on any atom is -0.492 e. The van der Waals surface area contributed by atoms with Gasteiger partial charge in [-0.3, -0.25) is 4.79 Å². The van der Waals surface area contributed by atoms with E-state index < -0.39 is 5.54 Å². The van der Waals surface area contributed by atoms with Crippen molar-refractivity contribution in [2.75, 3.05) is 26.0 Å². The Morgan fingerprint density at radius 1 is 1.47 bits per heavy atom. The lowest BCUT2D eigenvalue weighted by Crippen LogP contribution is -2.47. The fourth-order valence-electron chi connectivity index (χ4n) is 1.54. The quantitative estimate of drug-likeness (QED) is 0.792. The highest BCUT2D eigenvalue weighted by Crippen LogP contribution is 2.24. The van der Waals surface area contributed by atoms with Gasteiger partial charge >= 0.3 is 0 Å². The van der Waals surface area contributed by atoms with Crippen LogP contribution in [0.5, 0.6) is 5.75 Å². The maximum Gasteiger partial charge on any atom is 0.254 e. The average molecular weight is 266 g/mol. The van der Waals surface area contributed by atoms with Crippen LogP contribution in [0.2, 0.25) is 0 Å². The van der Waals surface area contributed by atoms with E-state index in [1.165, 1.54) is 4.90 Å². The third kappa shape index (κ3) is 3.38. The van der Waals surface area contributed by atoms with Crippen LogP contribution >= 0.6 is 0 Å². The SMILES string of the molecule is CCOc1ccc(C(=O)N(C)C(C)(C)CO)cc1N. The molecule has 0 aliphatic carbocycles. The van der Waals surface area contributed by atoms with Crippen molar-refractivity contribution in [1.82, 2.24) is 4.90 Å². The van der Waals surface area contributed by atoms with E-state index in [1.54, 1.807) is 39.1 Å². The monoisotopic (exact) mass is 266 g/mol. The van der Waals surface area contributed by atoms with Gasteiger partial charge in [-0.2, -0.15) is 0 Å². The molecular formula is C14H22N2O3. The van der Waals surface area contributed by atoms with Gasteiger partial charge < -0.3 is 20.5 Å². The number of aliphatic hydroxyl groups excluding tert-OH is 1. The molecule has 0 atom stereocenters. The maximum absolute atomic E-state index is 12.3. The standard InChI is InChI=1S/C14H22N2O3/c1-5-19-12-7-6-10(8-11(12)15)13(18)16(4)14(2,3)9-17/h6-8,17H,5,9,15H2,1-4H3. The molecule has 0 aliphatic rings. The number of ether oxygens (including phenoxy) is 1. The van der Waals surface area contributed by atoms with E-state index in [-0.39, 0.29) is 12.5 Å². The first kappa shape index (κ1) is 15.3. The summed E-state index contributed by atoms with van der Waals surface area (Å²) in [6.45, 7) is 5.87. The van der Waals surface area contributed by atoms with Crippen LogP contribution in [0.1, 0.15) is 31.1 Å². The molecular weight excluding hydrogens is 244 g/mol. The lowest BCUT2D eigenvalue weighted by Gasteiger charge is -2.34. The van der Waals surface area contributed by atoms with Gasteiger partial charge in [0.25, 0.3) is 5.91 Å². The van der Waals surface area contributed by atoms with Gasteiger partial charge in [0.15, 0.2) is 0 Å². The van der Waals surface area contributed by atoms with Gasteiger partial charge in [0.1, 0.15) is 5.75 Å². The van der Waals surface area contributed by atoms with Gasteiger partial charge in [0.05, 0.1) is 24.4 Å². The predicted octanol–water partition coefficient (Wildman–Crippen LogP) is 1.51. The first-order valence-corrected chi connectivity index (χ1v) is 6.24. The molecule has 0 bridgehead atoms.